The second kappa shape index (κ2) is 13.1. The maximum atomic E-state index is 12.8. The number of hydrogen-bond donors (Lipinski definition) is 3. The van der Waals surface area contributed by atoms with Gasteiger partial charge in [0.05, 0.1) is 13.2 Å². The van der Waals surface area contributed by atoms with Gasteiger partial charge in [-0.3, -0.25) is 9.79 Å². The van der Waals surface area contributed by atoms with E-state index in [9.17, 15) is 9.18 Å². The number of benzene rings is 1. The second-order valence-electron chi connectivity index (χ2n) is 4.57. The number of methoxy groups -OCH3 is 1. The molecule has 0 spiro atoms. The highest BCUT2D eigenvalue weighted by Gasteiger charge is 2.03. The van der Waals surface area contributed by atoms with Crippen LogP contribution >= 0.6 is 24.0 Å². The van der Waals surface area contributed by atoms with Gasteiger partial charge in [-0.1, -0.05) is 12.1 Å². The van der Waals surface area contributed by atoms with Crippen LogP contribution in [0.4, 0.5) is 4.39 Å². The van der Waals surface area contributed by atoms with E-state index in [2.05, 4.69) is 20.9 Å². The van der Waals surface area contributed by atoms with Gasteiger partial charge in [-0.15, -0.1) is 24.0 Å². The Kier molecular flexibility index (Phi) is 12.3. The predicted octanol–water partition coefficient (Wildman–Crippen LogP) is 0.914. The summed E-state index contributed by atoms with van der Waals surface area (Å²) in [5, 5.41) is 8.72. The van der Waals surface area contributed by atoms with E-state index in [0.29, 0.717) is 25.7 Å². The van der Waals surface area contributed by atoms with Crippen molar-refractivity contribution in [2.75, 3.05) is 40.4 Å². The van der Waals surface area contributed by atoms with Gasteiger partial charge in [0.2, 0.25) is 5.91 Å². The molecule has 0 saturated carbocycles. The minimum absolute atomic E-state index is 0. The number of carbonyl (C=O) groups excluding carboxylic acids is 1. The first kappa shape index (κ1) is 21.6. The van der Waals surface area contributed by atoms with Crippen molar-refractivity contribution in [1.29, 1.82) is 0 Å². The fourth-order valence-electron chi connectivity index (χ4n) is 1.72. The van der Waals surface area contributed by atoms with Crippen LogP contribution in [0.3, 0.4) is 0 Å². The Hall–Kier alpha value is -1.42. The van der Waals surface area contributed by atoms with E-state index in [1.54, 1.807) is 26.3 Å². The highest BCUT2D eigenvalue weighted by molar-refractivity contribution is 14.0. The zero-order valence-electron chi connectivity index (χ0n) is 13.4. The van der Waals surface area contributed by atoms with Gasteiger partial charge in [0.1, 0.15) is 5.82 Å². The maximum absolute atomic E-state index is 12.8. The molecule has 130 valence electrons. The van der Waals surface area contributed by atoms with Gasteiger partial charge in [0, 0.05) is 27.2 Å². The molecule has 0 aliphatic rings. The molecule has 0 bridgehead atoms. The van der Waals surface area contributed by atoms with E-state index < -0.39 is 0 Å². The van der Waals surface area contributed by atoms with E-state index in [4.69, 9.17) is 4.74 Å². The molecule has 6 nitrogen and oxygen atoms in total. The molecule has 0 aliphatic carbocycles. The Morgan fingerprint density at radius 3 is 2.48 bits per heavy atom. The summed E-state index contributed by atoms with van der Waals surface area (Å²) in [5.41, 5.74) is 1.03. The van der Waals surface area contributed by atoms with Gasteiger partial charge in [-0.05, 0) is 24.1 Å². The van der Waals surface area contributed by atoms with Crippen LogP contribution in [0.5, 0.6) is 0 Å². The van der Waals surface area contributed by atoms with E-state index in [0.717, 1.165) is 12.0 Å². The van der Waals surface area contributed by atoms with Gasteiger partial charge in [-0.25, -0.2) is 4.39 Å². The molecule has 1 amide bonds. The molecule has 23 heavy (non-hydrogen) atoms. The fraction of sp³-hybridized carbons (Fsp3) is 0.467. The minimum atomic E-state index is -0.242. The monoisotopic (exact) mass is 438 g/mol. The van der Waals surface area contributed by atoms with Crippen molar-refractivity contribution in [1.82, 2.24) is 16.0 Å². The van der Waals surface area contributed by atoms with Gasteiger partial charge in [0.15, 0.2) is 5.96 Å². The standard InChI is InChI=1S/C15H23FN4O2.HI/c1-17-15(20-11-14(21)18-9-10-22-2)19-8-7-12-3-5-13(16)6-4-12;/h3-6H,7-11H2,1-2H3,(H,18,21)(H2,17,19,20);1H. The lowest BCUT2D eigenvalue weighted by molar-refractivity contribution is -0.120. The van der Waals surface area contributed by atoms with Crippen LogP contribution in [0.25, 0.3) is 0 Å². The number of ether oxygens (including phenoxy) is 1. The van der Waals surface area contributed by atoms with Crippen LogP contribution in [0.1, 0.15) is 5.56 Å². The Bertz CT molecular complexity index is 483. The summed E-state index contributed by atoms with van der Waals surface area (Å²) in [7, 11) is 3.22. The summed E-state index contributed by atoms with van der Waals surface area (Å²) in [6, 6.07) is 6.37. The summed E-state index contributed by atoms with van der Waals surface area (Å²) in [6.07, 6.45) is 0.737. The molecule has 0 saturated heterocycles. The molecule has 0 heterocycles. The third-order valence-corrected chi connectivity index (χ3v) is 2.89. The first-order chi connectivity index (χ1) is 10.7. The zero-order valence-corrected chi connectivity index (χ0v) is 15.7. The average molecular weight is 438 g/mol. The van der Waals surface area contributed by atoms with Crippen LogP contribution in [0, 0.1) is 5.82 Å². The Labute approximate surface area is 153 Å². The summed E-state index contributed by atoms with van der Waals surface area (Å²) >= 11 is 0. The van der Waals surface area contributed by atoms with Crippen molar-refractivity contribution in [3.8, 4) is 0 Å². The molecule has 0 unspecified atom stereocenters. The van der Waals surface area contributed by atoms with Gasteiger partial charge < -0.3 is 20.7 Å². The van der Waals surface area contributed by atoms with Crippen LogP contribution in [0.15, 0.2) is 29.3 Å². The molecule has 0 fully saturated rings. The number of guanidine groups is 1. The molecule has 0 atom stereocenters. The Morgan fingerprint density at radius 1 is 1.17 bits per heavy atom. The van der Waals surface area contributed by atoms with Crippen molar-refractivity contribution in [3.63, 3.8) is 0 Å². The molecular weight excluding hydrogens is 414 g/mol. The van der Waals surface area contributed by atoms with Crippen LogP contribution in [-0.4, -0.2) is 52.3 Å². The molecule has 3 N–H and O–H groups in total. The number of nitrogens with one attached hydrogen (secondary N) is 3. The van der Waals surface area contributed by atoms with Crippen molar-refractivity contribution >= 4 is 35.8 Å². The average Bonchev–Trinajstić information content (AvgIpc) is 2.52. The maximum Gasteiger partial charge on any atom is 0.239 e. The molecule has 0 radical (unpaired) electrons. The van der Waals surface area contributed by atoms with Crippen molar-refractivity contribution in [2.45, 2.75) is 6.42 Å². The first-order valence-electron chi connectivity index (χ1n) is 7.10. The van der Waals surface area contributed by atoms with Gasteiger partial charge >= 0.3 is 0 Å². The third-order valence-electron chi connectivity index (χ3n) is 2.89. The molecular formula is C15H24FIN4O2. The number of nitrogens with zero attached hydrogens (tertiary/aromatic N) is 1. The zero-order chi connectivity index (χ0) is 16.2. The number of aliphatic imine (C=N–C) groups is 1. The summed E-state index contributed by atoms with van der Waals surface area (Å²) in [6.45, 7) is 1.74. The van der Waals surface area contributed by atoms with E-state index >= 15 is 0 Å². The van der Waals surface area contributed by atoms with E-state index in [1.165, 1.54) is 12.1 Å². The second-order valence-corrected chi connectivity index (χ2v) is 4.57. The first-order valence-corrected chi connectivity index (χ1v) is 7.10. The highest BCUT2D eigenvalue weighted by Crippen LogP contribution is 2.02. The van der Waals surface area contributed by atoms with Crippen molar-refractivity contribution in [2.24, 2.45) is 4.99 Å². The van der Waals surface area contributed by atoms with Gasteiger partial charge in [-0.2, -0.15) is 0 Å². The summed E-state index contributed by atoms with van der Waals surface area (Å²) in [5.74, 6) is 0.177. The number of hydrogen-bond acceptors (Lipinski definition) is 3. The molecule has 0 aliphatic heterocycles. The van der Waals surface area contributed by atoms with Crippen molar-refractivity contribution in [3.05, 3.63) is 35.6 Å². The van der Waals surface area contributed by atoms with Gasteiger partial charge in [0.25, 0.3) is 0 Å². The smallest absolute Gasteiger partial charge is 0.239 e. The van der Waals surface area contributed by atoms with Crippen LogP contribution in [0.2, 0.25) is 0 Å². The summed E-state index contributed by atoms with van der Waals surface area (Å²) < 4.78 is 17.6. The highest BCUT2D eigenvalue weighted by atomic mass is 127. The number of halogens is 2. The van der Waals surface area contributed by atoms with Crippen LogP contribution < -0.4 is 16.0 Å². The predicted molar refractivity (Wildman–Crippen MR) is 99.8 cm³/mol. The minimum Gasteiger partial charge on any atom is -0.383 e. The Balaban J connectivity index is 0.00000484. The number of carbonyl (C=O) groups is 1. The SMILES string of the molecule is CN=C(NCCc1ccc(F)cc1)NCC(=O)NCCOC.I. The van der Waals surface area contributed by atoms with Crippen LogP contribution in [-0.2, 0) is 16.0 Å². The largest absolute Gasteiger partial charge is 0.383 e. The lowest BCUT2D eigenvalue weighted by atomic mass is 10.1. The summed E-state index contributed by atoms with van der Waals surface area (Å²) in [4.78, 5) is 15.5. The normalized spacial score (nSPS) is 10.7. The van der Waals surface area contributed by atoms with E-state index in [-0.39, 0.29) is 42.2 Å². The van der Waals surface area contributed by atoms with E-state index in [1.807, 2.05) is 0 Å². The lowest BCUT2D eigenvalue weighted by Gasteiger charge is -2.12. The molecule has 1 rings (SSSR count). The fourth-order valence-corrected chi connectivity index (χ4v) is 1.72. The number of rotatable bonds is 8. The molecule has 0 aromatic heterocycles. The Morgan fingerprint density at radius 2 is 1.87 bits per heavy atom. The molecule has 1 aromatic rings. The topological polar surface area (TPSA) is 74.8 Å². The third kappa shape index (κ3) is 10.1. The lowest BCUT2D eigenvalue weighted by Crippen LogP contribution is -2.44. The molecule has 8 heteroatoms. The van der Waals surface area contributed by atoms with Crippen molar-refractivity contribution < 1.29 is 13.9 Å². The number of amides is 1. The molecule has 1 aromatic carbocycles. The quantitative estimate of drug-likeness (QED) is 0.244.